The minimum Gasteiger partial charge on any atom is -0.352 e. The number of rotatable bonds is 6. The van der Waals surface area contributed by atoms with Gasteiger partial charge in [-0.1, -0.05) is 18.2 Å². The molecule has 0 atom stereocenters. The highest BCUT2D eigenvalue weighted by Gasteiger charge is 2.18. The van der Waals surface area contributed by atoms with Gasteiger partial charge in [-0.25, -0.2) is 22.9 Å². The molecular weight excluding hydrogens is 443 g/mol. The summed E-state index contributed by atoms with van der Waals surface area (Å²) >= 11 is 0. The van der Waals surface area contributed by atoms with Crippen molar-refractivity contribution in [1.82, 2.24) is 14.7 Å². The minimum absolute atomic E-state index is 0.0120. The van der Waals surface area contributed by atoms with E-state index in [0.717, 1.165) is 16.7 Å². The Hall–Kier alpha value is -3.56. The van der Waals surface area contributed by atoms with Gasteiger partial charge in [-0.05, 0) is 66.9 Å². The number of pyridine rings is 1. The molecule has 170 valence electrons. The standard InChI is InChI=1S/C24H23FN4O3S/c1-15-3-10-22-28-24(18-6-9-20(25)16(2)11-18)21(29(22)14-15)12-23(30)27-13-17-4-7-19(8-5-17)33(26,31)32/h3-11,14H,12-13H2,1-2H3,(H,27,30)(H2,26,31,32). The molecule has 0 unspecified atom stereocenters. The molecule has 2 aromatic heterocycles. The summed E-state index contributed by atoms with van der Waals surface area (Å²) in [4.78, 5) is 17.5. The Bertz CT molecular complexity index is 1460. The van der Waals surface area contributed by atoms with Crippen LogP contribution in [0.5, 0.6) is 0 Å². The van der Waals surface area contributed by atoms with Crippen LogP contribution in [0, 0.1) is 19.7 Å². The van der Waals surface area contributed by atoms with E-state index in [-0.39, 0.29) is 29.6 Å². The first kappa shape index (κ1) is 22.6. The van der Waals surface area contributed by atoms with Gasteiger partial charge in [0.05, 0.1) is 22.7 Å². The molecule has 0 aliphatic heterocycles. The Kier molecular flexibility index (Phi) is 6.01. The smallest absolute Gasteiger partial charge is 0.238 e. The van der Waals surface area contributed by atoms with E-state index >= 15 is 0 Å². The number of benzene rings is 2. The van der Waals surface area contributed by atoms with Crippen LogP contribution in [0.15, 0.2) is 65.7 Å². The molecule has 0 spiro atoms. The highest BCUT2D eigenvalue weighted by Crippen LogP contribution is 2.27. The lowest BCUT2D eigenvalue weighted by Gasteiger charge is -2.09. The van der Waals surface area contributed by atoms with Crippen LogP contribution >= 0.6 is 0 Å². The highest BCUT2D eigenvalue weighted by atomic mass is 32.2. The number of nitrogens with zero attached hydrogens (tertiary/aromatic N) is 2. The maximum Gasteiger partial charge on any atom is 0.238 e. The average Bonchev–Trinajstić information content (AvgIpc) is 3.11. The zero-order valence-corrected chi connectivity index (χ0v) is 19.0. The van der Waals surface area contributed by atoms with Crippen LogP contribution < -0.4 is 10.5 Å². The first-order chi connectivity index (χ1) is 15.6. The Morgan fingerprint density at radius 2 is 1.82 bits per heavy atom. The van der Waals surface area contributed by atoms with Crippen molar-refractivity contribution in [2.24, 2.45) is 5.14 Å². The van der Waals surface area contributed by atoms with Crippen molar-refractivity contribution in [2.75, 3.05) is 0 Å². The number of aryl methyl sites for hydroxylation is 2. The molecule has 0 fully saturated rings. The van der Waals surface area contributed by atoms with Crippen LogP contribution in [0.2, 0.25) is 0 Å². The van der Waals surface area contributed by atoms with Crippen LogP contribution in [0.25, 0.3) is 16.9 Å². The molecule has 0 aliphatic carbocycles. The van der Waals surface area contributed by atoms with E-state index in [1.807, 2.05) is 29.7 Å². The molecule has 1 amide bonds. The molecule has 7 nitrogen and oxygen atoms in total. The van der Waals surface area contributed by atoms with Gasteiger partial charge in [-0.2, -0.15) is 0 Å². The molecule has 0 saturated heterocycles. The molecule has 4 aromatic rings. The van der Waals surface area contributed by atoms with Gasteiger partial charge in [0.2, 0.25) is 15.9 Å². The lowest BCUT2D eigenvalue weighted by atomic mass is 10.1. The van der Waals surface area contributed by atoms with Gasteiger partial charge in [0.15, 0.2) is 0 Å². The zero-order valence-electron chi connectivity index (χ0n) is 18.2. The number of carbonyl (C=O) groups is 1. The summed E-state index contributed by atoms with van der Waals surface area (Å²) in [6.07, 6.45) is 1.97. The van der Waals surface area contributed by atoms with Crippen molar-refractivity contribution in [3.8, 4) is 11.3 Å². The number of sulfonamides is 1. The van der Waals surface area contributed by atoms with E-state index in [4.69, 9.17) is 10.1 Å². The van der Waals surface area contributed by atoms with Gasteiger partial charge in [0.25, 0.3) is 0 Å². The number of hydrogen-bond donors (Lipinski definition) is 2. The van der Waals surface area contributed by atoms with E-state index in [1.54, 1.807) is 31.2 Å². The summed E-state index contributed by atoms with van der Waals surface area (Å²) in [5.41, 5.74) is 4.99. The van der Waals surface area contributed by atoms with Crippen LogP contribution in [-0.2, 0) is 27.8 Å². The summed E-state index contributed by atoms with van der Waals surface area (Å²) in [5.74, 6) is -0.528. The number of primary sulfonamides is 1. The first-order valence-electron chi connectivity index (χ1n) is 10.2. The number of hydrogen-bond acceptors (Lipinski definition) is 4. The second kappa shape index (κ2) is 8.76. The molecule has 3 N–H and O–H groups in total. The molecule has 0 aliphatic rings. The Labute approximate surface area is 191 Å². The van der Waals surface area contributed by atoms with E-state index in [0.29, 0.717) is 22.6 Å². The molecule has 2 aromatic carbocycles. The van der Waals surface area contributed by atoms with Gasteiger partial charge < -0.3 is 9.72 Å². The molecule has 33 heavy (non-hydrogen) atoms. The quantitative estimate of drug-likeness (QED) is 0.455. The normalized spacial score (nSPS) is 11.6. The second-order valence-corrected chi connectivity index (χ2v) is 9.51. The van der Waals surface area contributed by atoms with Gasteiger partial charge in [-0.15, -0.1) is 0 Å². The third-order valence-electron chi connectivity index (χ3n) is 5.37. The van der Waals surface area contributed by atoms with Crippen LogP contribution in [0.1, 0.15) is 22.4 Å². The van der Waals surface area contributed by atoms with Gasteiger partial charge in [0.1, 0.15) is 11.5 Å². The van der Waals surface area contributed by atoms with Crippen LogP contribution in [0.4, 0.5) is 4.39 Å². The highest BCUT2D eigenvalue weighted by molar-refractivity contribution is 7.89. The average molecular weight is 467 g/mol. The van der Waals surface area contributed by atoms with Crippen molar-refractivity contribution in [1.29, 1.82) is 0 Å². The number of fused-ring (bicyclic) bond motifs is 1. The number of halogens is 1. The monoisotopic (exact) mass is 466 g/mol. The lowest BCUT2D eigenvalue weighted by molar-refractivity contribution is -0.120. The summed E-state index contributed by atoms with van der Waals surface area (Å²) in [7, 11) is -3.77. The second-order valence-electron chi connectivity index (χ2n) is 7.95. The van der Waals surface area contributed by atoms with Gasteiger partial charge in [0, 0.05) is 18.3 Å². The largest absolute Gasteiger partial charge is 0.352 e. The zero-order chi connectivity index (χ0) is 23.8. The fourth-order valence-electron chi connectivity index (χ4n) is 3.60. The Morgan fingerprint density at radius 3 is 2.48 bits per heavy atom. The summed E-state index contributed by atoms with van der Waals surface area (Å²) in [6.45, 7) is 3.87. The Balaban J connectivity index is 1.60. The predicted octanol–water partition coefficient (Wildman–Crippen LogP) is 3.26. The number of amides is 1. The van der Waals surface area contributed by atoms with E-state index < -0.39 is 10.0 Å². The summed E-state index contributed by atoms with van der Waals surface area (Å²) in [5, 5.41) is 7.97. The van der Waals surface area contributed by atoms with E-state index in [9.17, 15) is 17.6 Å². The van der Waals surface area contributed by atoms with E-state index in [2.05, 4.69) is 5.32 Å². The third kappa shape index (κ3) is 4.94. The lowest BCUT2D eigenvalue weighted by Crippen LogP contribution is -2.25. The van der Waals surface area contributed by atoms with Crippen molar-refractivity contribution < 1.29 is 17.6 Å². The third-order valence-corrected chi connectivity index (χ3v) is 6.30. The number of carbonyl (C=O) groups excluding carboxylic acids is 1. The fourth-order valence-corrected chi connectivity index (χ4v) is 4.12. The predicted molar refractivity (Wildman–Crippen MR) is 123 cm³/mol. The molecule has 0 radical (unpaired) electrons. The van der Waals surface area contributed by atoms with Gasteiger partial charge >= 0.3 is 0 Å². The van der Waals surface area contributed by atoms with Crippen LogP contribution in [-0.4, -0.2) is 23.7 Å². The molecule has 0 bridgehead atoms. The SMILES string of the molecule is Cc1ccc2nc(-c3ccc(F)c(C)c3)c(CC(=O)NCc3ccc(S(N)(=O)=O)cc3)n2c1. The number of nitrogens with two attached hydrogens (primary N) is 1. The molecule has 4 rings (SSSR count). The maximum atomic E-state index is 13.8. The molecule has 2 heterocycles. The molecule has 0 saturated carbocycles. The first-order valence-corrected chi connectivity index (χ1v) is 11.8. The van der Waals surface area contributed by atoms with Gasteiger partial charge in [-0.3, -0.25) is 4.79 Å². The maximum absolute atomic E-state index is 13.8. The van der Waals surface area contributed by atoms with Crippen molar-refractivity contribution in [3.05, 3.63) is 89.0 Å². The molecular formula is C24H23FN4O3S. The summed E-state index contributed by atoms with van der Waals surface area (Å²) < 4.78 is 38.5. The van der Waals surface area contributed by atoms with Crippen molar-refractivity contribution >= 4 is 21.6 Å². The van der Waals surface area contributed by atoms with Crippen molar-refractivity contribution in [2.45, 2.75) is 31.7 Å². The topological polar surface area (TPSA) is 107 Å². The number of nitrogens with one attached hydrogen (secondary N) is 1. The molecule has 9 heteroatoms. The van der Waals surface area contributed by atoms with Crippen molar-refractivity contribution in [3.63, 3.8) is 0 Å². The van der Waals surface area contributed by atoms with E-state index in [1.165, 1.54) is 18.2 Å². The minimum atomic E-state index is -3.77. The number of imidazole rings is 1. The number of aromatic nitrogens is 2. The Morgan fingerprint density at radius 1 is 1.09 bits per heavy atom. The van der Waals surface area contributed by atoms with Crippen LogP contribution in [0.3, 0.4) is 0 Å². The summed E-state index contributed by atoms with van der Waals surface area (Å²) in [6, 6.07) is 14.6. The fraction of sp³-hybridized carbons (Fsp3) is 0.167.